The average Bonchev–Trinajstić information content (AvgIpc) is 2.97. The first-order chi connectivity index (χ1) is 10.2. The summed E-state index contributed by atoms with van der Waals surface area (Å²) in [6.07, 6.45) is 1.90. The quantitative estimate of drug-likeness (QED) is 0.524. The minimum atomic E-state index is -0.0105. The molecule has 102 valence electrons. The van der Waals surface area contributed by atoms with Gasteiger partial charge in [-0.3, -0.25) is 4.79 Å². The van der Waals surface area contributed by atoms with E-state index in [1.165, 1.54) is 11.3 Å². The molecule has 0 saturated carbocycles. The van der Waals surface area contributed by atoms with Crippen LogP contribution in [0.3, 0.4) is 0 Å². The number of thiazole rings is 1. The molecule has 2 aromatic heterocycles. The van der Waals surface area contributed by atoms with E-state index < -0.39 is 0 Å². The van der Waals surface area contributed by atoms with Gasteiger partial charge in [0.1, 0.15) is 0 Å². The molecule has 0 unspecified atom stereocenters. The van der Waals surface area contributed by atoms with Gasteiger partial charge in [-0.1, -0.05) is 51.5 Å². The molecule has 0 saturated heterocycles. The lowest BCUT2D eigenvalue weighted by Gasteiger charge is -1.92. The number of halogens is 1. The molecule has 0 N–H and O–H groups in total. The van der Waals surface area contributed by atoms with Crippen molar-refractivity contribution in [3.63, 3.8) is 0 Å². The summed E-state index contributed by atoms with van der Waals surface area (Å²) in [7, 11) is 0. The maximum absolute atomic E-state index is 12.6. The van der Waals surface area contributed by atoms with E-state index in [2.05, 4.69) is 20.9 Å². The Hall–Kier alpha value is -1.98. The molecule has 5 heteroatoms. The van der Waals surface area contributed by atoms with E-state index in [-0.39, 0.29) is 5.56 Å². The predicted molar refractivity (Wildman–Crippen MR) is 89.8 cm³/mol. The Morgan fingerprint density at radius 1 is 1.14 bits per heavy atom. The van der Waals surface area contributed by atoms with E-state index in [1.54, 1.807) is 4.40 Å². The molecule has 4 rings (SSSR count). The molecular formula is C16H9BrN2OS. The van der Waals surface area contributed by atoms with Crippen molar-refractivity contribution in [1.29, 1.82) is 0 Å². The van der Waals surface area contributed by atoms with Gasteiger partial charge in [0, 0.05) is 4.47 Å². The van der Waals surface area contributed by atoms with Crippen molar-refractivity contribution in [2.45, 2.75) is 0 Å². The predicted octanol–water partition coefficient (Wildman–Crippen LogP) is 3.22. The number of hydrogen-bond acceptors (Lipinski definition) is 3. The van der Waals surface area contributed by atoms with Gasteiger partial charge in [0.2, 0.25) is 0 Å². The minimum absolute atomic E-state index is 0.0105. The van der Waals surface area contributed by atoms with Crippen molar-refractivity contribution in [3.05, 3.63) is 73.5 Å². The normalized spacial score (nSPS) is 12.5. The van der Waals surface area contributed by atoms with Crippen LogP contribution in [-0.4, -0.2) is 9.38 Å². The van der Waals surface area contributed by atoms with Crippen LogP contribution in [0.5, 0.6) is 0 Å². The molecule has 4 aromatic rings. The van der Waals surface area contributed by atoms with E-state index in [9.17, 15) is 4.79 Å². The summed E-state index contributed by atoms with van der Waals surface area (Å²) in [5.74, 6) is 0. The van der Waals surface area contributed by atoms with E-state index >= 15 is 0 Å². The summed E-state index contributed by atoms with van der Waals surface area (Å²) in [6.45, 7) is 0. The van der Waals surface area contributed by atoms with Crippen LogP contribution in [-0.2, 0) is 0 Å². The highest BCUT2D eigenvalue weighted by atomic mass is 79.9. The third-order valence-electron chi connectivity index (χ3n) is 3.29. The monoisotopic (exact) mass is 356 g/mol. The summed E-state index contributed by atoms with van der Waals surface area (Å²) in [6, 6.07) is 15.6. The Balaban J connectivity index is 2.03. The van der Waals surface area contributed by atoms with E-state index in [1.807, 2.05) is 54.6 Å². The van der Waals surface area contributed by atoms with Crippen LogP contribution in [0.4, 0.5) is 0 Å². The number of aromatic nitrogens is 2. The second-order valence-corrected chi connectivity index (χ2v) is 6.61. The third-order valence-corrected chi connectivity index (χ3v) is 4.75. The Kier molecular flexibility index (Phi) is 2.90. The van der Waals surface area contributed by atoms with Crippen molar-refractivity contribution in [1.82, 2.24) is 9.38 Å². The topological polar surface area (TPSA) is 34.4 Å². The molecule has 0 atom stereocenters. The van der Waals surface area contributed by atoms with Crippen LogP contribution in [0.25, 0.3) is 22.1 Å². The van der Waals surface area contributed by atoms with E-state index in [0.29, 0.717) is 4.53 Å². The van der Waals surface area contributed by atoms with E-state index in [0.717, 1.165) is 26.0 Å². The number of hydrogen-bond donors (Lipinski definition) is 0. The fraction of sp³-hybridized carbons (Fsp3) is 0. The van der Waals surface area contributed by atoms with Gasteiger partial charge in [-0.25, -0.2) is 9.38 Å². The fourth-order valence-electron chi connectivity index (χ4n) is 2.36. The lowest BCUT2D eigenvalue weighted by atomic mass is 10.2. The molecular weight excluding hydrogens is 348 g/mol. The van der Waals surface area contributed by atoms with Gasteiger partial charge >= 0.3 is 0 Å². The first kappa shape index (κ1) is 12.7. The standard InChI is InChI=1S/C16H9BrN2OS/c17-11-5-3-4-10(8-11)9-14-15(20)19-13-7-2-1-6-12(13)18-16(19)21-14/h1-9H. The number of nitrogens with zero attached hydrogens (tertiary/aromatic N) is 2. The van der Waals surface area contributed by atoms with Gasteiger partial charge in [-0.2, -0.15) is 0 Å². The van der Waals surface area contributed by atoms with Crippen molar-refractivity contribution in [2.75, 3.05) is 0 Å². The molecule has 0 amide bonds. The molecule has 3 nitrogen and oxygen atoms in total. The van der Waals surface area contributed by atoms with Crippen molar-refractivity contribution in [2.24, 2.45) is 0 Å². The molecule has 2 heterocycles. The number of benzene rings is 2. The molecule has 21 heavy (non-hydrogen) atoms. The van der Waals surface area contributed by atoms with Crippen LogP contribution in [0.1, 0.15) is 5.56 Å². The maximum Gasteiger partial charge on any atom is 0.274 e. The molecule has 0 fully saturated rings. The second-order valence-electron chi connectivity index (χ2n) is 4.69. The summed E-state index contributed by atoms with van der Waals surface area (Å²) in [5.41, 5.74) is 2.71. The average molecular weight is 357 g/mol. The van der Waals surface area contributed by atoms with Gasteiger partial charge in [-0.05, 0) is 35.9 Å². The van der Waals surface area contributed by atoms with Crippen LogP contribution in [0, 0.1) is 0 Å². The van der Waals surface area contributed by atoms with Crippen molar-refractivity contribution >= 4 is 49.3 Å². The molecule has 0 radical (unpaired) electrons. The van der Waals surface area contributed by atoms with Gasteiger partial charge in [0.25, 0.3) is 5.56 Å². The van der Waals surface area contributed by atoms with Gasteiger partial charge in [0.05, 0.1) is 15.6 Å². The van der Waals surface area contributed by atoms with Gasteiger partial charge in [0.15, 0.2) is 4.96 Å². The number of para-hydroxylation sites is 2. The smallest absolute Gasteiger partial charge is 0.267 e. The highest BCUT2D eigenvalue weighted by Crippen LogP contribution is 2.16. The Bertz CT molecular complexity index is 1080. The summed E-state index contributed by atoms with van der Waals surface area (Å²) in [5, 5.41) is 0. The molecule has 0 aliphatic carbocycles. The highest BCUT2D eigenvalue weighted by Gasteiger charge is 2.10. The van der Waals surface area contributed by atoms with E-state index in [4.69, 9.17) is 0 Å². The summed E-state index contributed by atoms with van der Waals surface area (Å²) in [4.78, 5) is 17.8. The highest BCUT2D eigenvalue weighted by molar-refractivity contribution is 9.10. The lowest BCUT2D eigenvalue weighted by Crippen LogP contribution is -2.22. The third kappa shape index (κ3) is 2.09. The zero-order valence-corrected chi connectivity index (χ0v) is 13.2. The first-order valence-corrected chi connectivity index (χ1v) is 8.00. The number of fused-ring (bicyclic) bond motifs is 3. The zero-order chi connectivity index (χ0) is 14.4. The maximum atomic E-state index is 12.6. The zero-order valence-electron chi connectivity index (χ0n) is 10.8. The molecule has 2 aromatic carbocycles. The molecule has 0 spiro atoms. The first-order valence-electron chi connectivity index (χ1n) is 6.40. The Morgan fingerprint density at radius 3 is 2.86 bits per heavy atom. The fourth-order valence-corrected chi connectivity index (χ4v) is 3.76. The van der Waals surface area contributed by atoms with Crippen LogP contribution < -0.4 is 10.1 Å². The minimum Gasteiger partial charge on any atom is -0.267 e. The Morgan fingerprint density at radius 2 is 2.00 bits per heavy atom. The van der Waals surface area contributed by atoms with Crippen molar-refractivity contribution in [3.8, 4) is 0 Å². The van der Waals surface area contributed by atoms with Crippen molar-refractivity contribution < 1.29 is 0 Å². The number of imidazole rings is 1. The van der Waals surface area contributed by atoms with Gasteiger partial charge in [-0.15, -0.1) is 0 Å². The van der Waals surface area contributed by atoms with Crippen LogP contribution >= 0.6 is 27.3 Å². The van der Waals surface area contributed by atoms with Gasteiger partial charge < -0.3 is 0 Å². The SMILES string of the molecule is O=c1c(=Cc2cccc(Br)c2)sc2nc3ccccc3n12. The van der Waals surface area contributed by atoms with Crippen LogP contribution in [0.15, 0.2) is 57.8 Å². The molecule has 0 aliphatic heterocycles. The summed E-state index contributed by atoms with van der Waals surface area (Å²) < 4.78 is 3.38. The summed E-state index contributed by atoms with van der Waals surface area (Å²) >= 11 is 4.86. The second kappa shape index (κ2) is 4.79. The molecule has 0 bridgehead atoms. The number of rotatable bonds is 1. The Labute approximate surface area is 132 Å². The lowest BCUT2D eigenvalue weighted by molar-refractivity contribution is 1.19. The largest absolute Gasteiger partial charge is 0.274 e. The van der Waals surface area contributed by atoms with Crippen LogP contribution in [0.2, 0.25) is 0 Å². The molecule has 0 aliphatic rings.